The van der Waals surface area contributed by atoms with E-state index in [-0.39, 0.29) is 5.75 Å². The molecule has 0 spiro atoms. The van der Waals surface area contributed by atoms with Crippen LogP contribution in [0, 0.1) is 5.92 Å². The second kappa shape index (κ2) is 8.26. The van der Waals surface area contributed by atoms with E-state index in [4.69, 9.17) is 4.74 Å². The van der Waals surface area contributed by atoms with Crippen LogP contribution in [0.2, 0.25) is 0 Å². The van der Waals surface area contributed by atoms with E-state index in [0.717, 1.165) is 32.6 Å². The lowest BCUT2D eigenvalue weighted by molar-refractivity contribution is -0.0499. The van der Waals surface area contributed by atoms with Crippen molar-refractivity contribution in [2.24, 2.45) is 5.92 Å². The van der Waals surface area contributed by atoms with Crippen LogP contribution < -0.4 is 10.1 Å². The monoisotopic (exact) mass is 301 g/mol. The molecule has 2 N–H and O–H groups in total. The number of aliphatic hydroxyl groups is 1. The van der Waals surface area contributed by atoms with Gasteiger partial charge in [0.1, 0.15) is 5.75 Å². The molecule has 6 heteroatoms. The van der Waals surface area contributed by atoms with Gasteiger partial charge in [0.15, 0.2) is 0 Å². The van der Waals surface area contributed by atoms with Gasteiger partial charge >= 0.3 is 6.61 Å². The molecule has 1 unspecified atom stereocenters. The maximum absolute atomic E-state index is 12.2. The van der Waals surface area contributed by atoms with E-state index in [1.54, 1.807) is 12.1 Å². The Bertz CT molecular complexity index is 425. The molecular formula is C15H21F2NO3. The second-order valence-corrected chi connectivity index (χ2v) is 5.18. The summed E-state index contributed by atoms with van der Waals surface area (Å²) in [5.74, 6) is 0.630. The average Bonchev–Trinajstić information content (AvgIpc) is 2.48. The van der Waals surface area contributed by atoms with E-state index in [9.17, 15) is 13.9 Å². The fourth-order valence-corrected chi connectivity index (χ4v) is 2.39. The summed E-state index contributed by atoms with van der Waals surface area (Å²) in [6, 6.07) is 6.17. The van der Waals surface area contributed by atoms with E-state index in [0.29, 0.717) is 18.0 Å². The second-order valence-electron chi connectivity index (χ2n) is 5.18. The fraction of sp³-hybridized carbons (Fsp3) is 0.600. The smallest absolute Gasteiger partial charge is 0.387 e. The van der Waals surface area contributed by atoms with Gasteiger partial charge in [-0.1, -0.05) is 12.1 Å². The number of nitrogens with one attached hydrogen (secondary N) is 1. The molecule has 1 aliphatic rings. The lowest BCUT2D eigenvalue weighted by Crippen LogP contribution is -2.30. The Morgan fingerprint density at radius 1 is 1.33 bits per heavy atom. The summed E-state index contributed by atoms with van der Waals surface area (Å²) in [7, 11) is 0. The highest BCUT2D eigenvalue weighted by molar-refractivity contribution is 5.30. The largest absolute Gasteiger partial charge is 0.435 e. The molecule has 1 aromatic carbocycles. The van der Waals surface area contributed by atoms with Crippen LogP contribution in [0.25, 0.3) is 0 Å². The van der Waals surface area contributed by atoms with Gasteiger partial charge in [0, 0.05) is 19.8 Å². The minimum Gasteiger partial charge on any atom is -0.435 e. The zero-order chi connectivity index (χ0) is 15.1. The molecule has 1 aliphatic heterocycles. The van der Waals surface area contributed by atoms with Crippen molar-refractivity contribution in [2.75, 3.05) is 26.3 Å². The Labute approximate surface area is 123 Å². The maximum atomic E-state index is 12.2. The molecule has 4 nitrogen and oxygen atoms in total. The Morgan fingerprint density at radius 3 is 2.81 bits per heavy atom. The van der Waals surface area contributed by atoms with Crippen molar-refractivity contribution in [2.45, 2.75) is 25.6 Å². The van der Waals surface area contributed by atoms with Crippen LogP contribution in [-0.4, -0.2) is 38.0 Å². The number of hydrogen-bond donors (Lipinski definition) is 2. The van der Waals surface area contributed by atoms with E-state index in [2.05, 4.69) is 10.1 Å². The first-order valence-corrected chi connectivity index (χ1v) is 7.16. The van der Waals surface area contributed by atoms with Crippen LogP contribution in [0.3, 0.4) is 0 Å². The Kier molecular flexibility index (Phi) is 6.35. The van der Waals surface area contributed by atoms with Crippen molar-refractivity contribution in [1.82, 2.24) is 5.32 Å². The highest BCUT2D eigenvalue weighted by Crippen LogP contribution is 2.21. The summed E-state index contributed by atoms with van der Waals surface area (Å²) in [5.41, 5.74) is 0.563. The zero-order valence-corrected chi connectivity index (χ0v) is 11.8. The van der Waals surface area contributed by atoms with Gasteiger partial charge in [0.2, 0.25) is 0 Å². The molecule has 1 atom stereocenters. The highest BCUT2D eigenvalue weighted by atomic mass is 19.3. The van der Waals surface area contributed by atoms with Gasteiger partial charge in [0.25, 0.3) is 0 Å². The van der Waals surface area contributed by atoms with Crippen LogP contribution in [0.4, 0.5) is 8.78 Å². The van der Waals surface area contributed by atoms with Gasteiger partial charge in [-0.15, -0.1) is 0 Å². The average molecular weight is 301 g/mol. The van der Waals surface area contributed by atoms with Crippen molar-refractivity contribution in [3.8, 4) is 5.75 Å². The quantitative estimate of drug-likeness (QED) is 0.811. The number of benzene rings is 1. The Hall–Kier alpha value is -1.24. The first-order valence-electron chi connectivity index (χ1n) is 7.16. The zero-order valence-electron chi connectivity index (χ0n) is 11.8. The van der Waals surface area contributed by atoms with Crippen LogP contribution >= 0.6 is 0 Å². The third-order valence-electron chi connectivity index (χ3n) is 3.58. The van der Waals surface area contributed by atoms with Crippen LogP contribution in [0.1, 0.15) is 24.5 Å². The molecule has 0 saturated carbocycles. The molecular weight excluding hydrogens is 280 g/mol. The maximum Gasteiger partial charge on any atom is 0.387 e. The van der Waals surface area contributed by atoms with Gasteiger partial charge in [-0.2, -0.15) is 8.78 Å². The molecule has 0 aromatic heterocycles. The predicted octanol–water partition coefficient (Wildman–Crippen LogP) is 2.34. The van der Waals surface area contributed by atoms with Gasteiger partial charge < -0.3 is 19.9 Å². The molecule has 118 valence electrons. The molecule has 1 saturated heterocycles. The molecule has 21 heavy (non-hydrogen) atoms. The summed E-state index contributed by atoms with van der Waals surface area (Å²) in [5, 5.41) is 13.3. The Balaban J connectivity index is 1.78. The standard InChI is InChI=1S/C15H21F2NO3/c16-15(17)21-13-3-1-2-12(8-13)14(19)10-18-9-11-4-6-20-7-5-11/h1-3,8,11,14-15,18-19H,4-7,9-10H2. The summed E-state index contributed by atoms with van der Waals surface area (Å²) in [4.78, 5) is 0. The van der Waals surface area contributed by atoms with Gasteiger partial charge in [-0.25, -0.2) is 0 Å². The summed E-state index contributed by atoms with van der Waals surface area (Å²) >= 11 is 0. The summed E-state index contributed by atoms with van der Waals surface area (Å²) in [6.45, 7) is -0.0588. The van der Waals surface area contributed by atoms with Crippen molar-refractivity contribution in [3.63, 3.8) is 0 Å². The van der Waals surface area contributed by atoms with Crippen molar-refractivity contribution >= 4 is 0 Å². The van der Waals surface area contributed by atoms with Crippen LogP contribution in [-0.2, 0) is 4.74 Å². The minimum absolute atomic E-state index is 0.0611. The number of aliphatic hydroxyl groups excluding tert-OH is 1. The third kappa shape index (κ3) is 5.57. The highest BCUT2D eigenvalue weighted by Gasteiger charge is 2.15. The van der Waals surface area contributed by atoms with Crippen LogP contribution in [0.15, 0.2) is 24.3 Å². The first-order chi connectivity index (χ1) is 10.1. The number of hydrogen-bond acceptors (Lipinski definition) is 4. The van der Waals surface area contributed by atoms with Crippen molar-refractivity contribution in [1.29, 1.82) is 0 Å². The van der Waals surface area contributed by atoms with E-state index < -0.39 is 12.7 Å². The predicted molar refractivity (Wildman–Crippen MR) is 74.4 cm³/mol. The molecule has 1 heterocycles. The van der Waals surface area contributed by atoms with E-state index in [1.807, 2.05) is 0 Å². The lowest BCUT2D eigenvalue weighted by atomic mass is 10.0. The fourth-order valence-electron chi connectivity index (χ4n) is 2.39. The van der Waals surface area contributed by atoms with Gasteiger partial charge in [0.05, 0.1) is 6.10 Å². The Morgan fingerprint density at radius 2 is 2.10 bits per heavy atom. The number of alkyl halides is 2. The van der Waals surface area contributed by atoms with E-state index in [1.165, 1.54) is 12.1 Å². The first kappa shape index (κ1) is 16.1. The van der Waals surface area contributed by atoms with E-state index >= 15 is 0 Å². The van der Waals surface area contributed by atoms with Gasteiger partial charge in [-0.05, 0) is 43.0 Å². The molecule has 0 amide bonds. The molecule has 1 aromatic rings. The summed E-state index contributed by atoms with van der Waals surface area (Å²) < 4.78 is 33.9. The minimum atomic E-state index is -2.86. The van der Waals surface area contributed by atoms with Crippen LogP contribution in [0.5, 0.6) is 5.75 Å². The van der Waals surface area contributed by atoms with Gasteiger partial charge in [-0.3, -0.25) is 0 Å². The number of rotatable bonds is 7. The lowest BCUT2D eigenvalue weighted by Gasteiger charge is -2.23. The molecule has 1 fully saturated rings. The van der Waals surface area contributed by atoms with Crippen molar-refractivity contribution < 1.29 is 23.4 Å². The molecule has 0 radical (unpaired) electrons. The summed E-state index contributed by atoms with van der Waals surface area (Å²) in [6.07, 6.45) is 1.31. The SMILES string of the molecule is OC(CNCC1CCOCC1)c1cccc(OC(F)F)c1. The normalized spacial score (nSPS) is 17.9. The molecule has 0 aliphatic carbocycles. The number of ether oxygens (including phenoxy) is 2. The number of halogens is 2. The van der Waals surface area contributed by atoms with Crippen molar-refractivity contribution in [3.05, 3.63) is 29.8 Å². The molecule has 0 bridgehead atoms. The third-order valence-corrected chi connectivity index (χ3v) is 3.58. The topological polar surface area (TPSA) is 50.7 Å². The molecule has 2 rings (SSSR count).